The first-order chi connectivity index (χ1) is 9.01. The number of nitrogen functional groups attached to an aromatic ring is 1. The largest absolute Gasteiger partial charge is 0.397 e. The van der Waals surface area contributed by atoms with E-state index in [0.717, 1.165) is 6.07 Å². The van der Waals surface area contributed by atoms with Crippen molar-refractivity contribution >= 4 is 40.3 Å². The van der Waals surface area contributed by atoms with E-state index in [9.17, 15) is 4.39 Å². The highest BCUT2D eigenvalue weighted by molar-refractivity contribution is 6.31. The predicted molar refractivity (Wildman–Crippen MR) is 75.3 cm³/mol. The SMILES string of the molecule is N#Cc1ccc(Cl)cc1Nc1cc(Cl)c(F)cc1N. The molecule has 0 radical (unpaired) electrons. The number of hydrogen-bond acceptors (Lipinski definition) is 3. The Kier molecular flexibility index (Phi) is 3.79. The van der Waals surface area contributed by atoms with Gasteiger partial charge in [0.15, 0.2) is 0 Å². The summed E-state index contributed by atoms with van der Waals surface area (Å²) >= 11 is 11.6. The van der Waals surface area contributed by atoms with Gasteiger partial charge in [-0.2, -0.15) is 5.26 Å². The van der Waals surface area contributed by atoms with Gasteiger partial charge in [0.1, 0.15) is 11.9 Å². The standard InChI is InChI=1S/C13H8Cl2FN3/c14-8-2-1-7(6-17)12(3-8)19-13-4-9(15)10(16)5-11(13)18/h1-5,19H,18H2. The topological polar surface area (TPSA) is 61.8 Å². The third kappa shape index (κ3) is 2.90. The van der Waals surface area contributed by atoms with Crippen LogP contribution in [0.5, 0.6) is 0 Å². The first kappa shape index (κ1) is 13.5. The molecule has 0 fully saturated rings. The van der Waals surface area contributed by atoms with Crippen LogP contribution in [-0.4, -0.2) is 0 Å². The summed E-state index contributed by atoms with van der Waals surface area (Å²) < 4.78 is 13.2. The lowest BCUT2D eigenvalue weighted by atomic mass is 10.1. The molecule has 0 spiro atoms. The van der Waals surface area contributed by atoms with Crippen molar-refractivity contribution in [2.24, 2.45) is 0 Å². The van der Waals surface area contributed by atoms with Crippen LogP contribution >= 0.6 is 23.2 Å². The maximum atomic E-state index is 13.2. The van der Waals surface area contributed by atoms with Crippen molar-refractivity contribution in [1.82, 2.24) is 0 Å². The van der Waals surface area contributed by atoms with Crippen LogP contribution in [0.2, 0.25) is 10.0 Å². The van der Waals surface area contributed by atoms with E-state index in [1.165, 1.54) is 6.07 Å². The van der Waals surface area contributed by atoms with Gasteiger partial charge in [0, 0.05) is 11.1 Å². The third-order valence-electron chi connectivity index (χ3n) is 2.46. The second kappa shape index (κ2) is 5.35. The zero-order chi connectivity index (χ0) is 14.0. The molecule has 0 saturated heterocycles. The van der Waals surface area contributed by atoms with E-state index in [-0.39, 0.29) is 10.7 Å². The smallest absolute Gasteiger partial charge is 0.143 e. The molecule has 0 aliphatic rings. The summed E-state index contributed by atoms with van der Waals surface area (Å²) in [6.07, 6.45) is 0. The Balaban J connectivity index is 2.45. The fourth-order valence-corrected chi connectivity index (χ4v) is 1.87. The summed E-state index contributed by atoms with van der Waals surface area (Å²) in [7, 11) is 0. The van der Waals surface area contributed by atoms with Crippen LogP contribution in [0.25, 0.3) is 0 Å². The molecule has 19 heavy (non-hydrogen) atoms. The van der Waals surface area contributed by atoms with Gasteiger partial charge in [0.25, 0.3) is 0 Å². The average molecular weight is 296 g/mol. The van der Waals surface area contributed by atoms with Crippen molar-refractivity contribution in [2.45, 2.75) is 0 Å². The van der Waals surface area contributed by atoms with Crippen LogP contribution < -0.4 is 11.1 Å². The van der Waals surface area contributed by atoms with Crippen molar-refractivity contribution < 1.29 is 4.39 Å². The molecule has 0 amide bonds. The third-order valence-corrected chi connectivity index (χ3v) is 2.99. The van der Waals surface area contributed by atoms with Crippen molar-refractivity contribution in [1.29, 1.82) is 5.26 Å². The maximum Gasteiger partial charge on any atom is 0.143 e. The lowest BCUT2D eigenvalue weighted by molar-refractivity contribution is 0.629. The van der Waals surface area contributed by atoms with Gasteiger partial charge in [-0.15, -0.1) is 0 Å². The molecule has 96 valence electrons. The molecule has 3 nitrogen and oxygen atoms in total. The molecule has 0 aliphatic heterocycles. The minimum absolute atomic E-state index is 0.0581. The van der Waals surface area contributed by atoms with Gasteiger partial charge in [-0.05, 0) is 24.3 Å². The monoisotopic (exact) mass is 295 g/mol. The Bertz CT molecular complexity index is 680. The van der Waals surface area contributed by atoms with E-state index in [4.69, 9.17) is 34.2 Å². The zero-order valence-electron chi connectivity index (χ0n) is 9.55. The Morgan fingerprint density at radius 2 is 1.89 bits per heavy atom. The Labute approximate surface area is 119 Å². The van der Waals surface area contributed by atoms with Gasteiger partial charge in [-0.25, -0.2) is 4.39 Å². The summed E-state index contributed by atoms with van der Waals surface area (Å²) in [6, 6.07) is 9.25. The van der Waals surface area contributed by atoms with Gasteiger partial charge in [0.2, 0.25) is 0 Å². The summed E-state index contributed by atoms with van der Waals surface area (Å²) in [5.41, 5.74) is 7.15. The number of nitrogens with one attached hydrogen (secondary N) is 1. The summed E-state index contributed by atoms with van der Waals surface area (Å²) in [6.45, 7) is 0. The fraction of sp³-hybridized carbons (Fsp3) is 0. The normalized spacial score (nSPS) is 10.0. The Morgan fingerprint density at radius 3 is 2.58 bits per heavy atom. The van der Waals surface area contributed by atoms with Gasteiger partial charge in [-0.1, -0.05) is 23.2 Å². The van der Waals surface area contributed by atoms with E-state index in [0.29, 0.717) is 22.0 Å². The van der Waals surface area contributed by atoms with Crippen LogP contribution in [-0.2, 0) is 0 Å². The molecule has 0 aromatic heterocycles. The van der Waals surface area contributed by atoms with Gasteiger partial charge in [0.05, 0.1) is 27.6 Å². The molecule has 2 aromatic rings. The predicted octanol–water partition coefficient (Wildman–Crippen LogP) is 4.33. The molecule has 0 unspecified atom stereocenters. The molecule has 0 saturated carbocycles. The zero-order valence-corrected chi connectivity index (χ0v) is 11.1. The van der Waals surface area contributed by atoms with Crippen LogP contribution in [0.4, 0.5) is 21.5 Å². The summed E-state index contributed by atoms with van der Waals surface area (Å²) in [4.78, 5) is 0. The minimum atomic E-state index is -0.601. The van der Waals surface area contributed by atoms with Crippen LogP contribution in [0.3, 0.4) is 0 Å². The van der Waals surface area contributed by atoms with Crippen molar-refractivity contribution in [3.05, 3.63) is 51.8 Å². The van der Waals surface area contributed by atoms with Crippen molar-refractivity contribution in [2.75, 3.05) is 11.1 Å². The number of hydrogen-bond donors (Lipinski definition) is 2. The van der Waals surface area contributed by atoms with Crippen LogP contribution in [0.1, 0.15) is 5.56 Å². The number of nitrogens with two attached hydrogens (primary N) is 1. The van der Waals surface area contributed by atoms with Crippen molar-refractivity contribution in [3.8, 4) is 6.07 Å². The van der Waals surface area contributed by atoms with Gasteiger partial charge in [-0.3, -0.25) is 0 Å². The van der Waals surface area contributed by atoms with E-state index in [1.807, 2.05) is 6.07 Å². The molecule has 6 heteroatoms. The minimum Gasteiger partial charge on any atom is -0.397 e. The van der Waals surface area contributed by atoms with Crippen LogP contribution in [0, 0.1) is 17.1 Å². The molecule has 0 aliphatic carbocycles. The number of halogens is 3. The fourth-order valence-electron chi connectivity index (χ4n) is 1.53. The maximum absolute atomic E-state index is 13.2. The lowest BCUT2D eigenvalue weighted by Gasteiger charge is -2.12. The van der Waals surface area contributed by atoms with Gasteiger partial charge >= 0.3 is 0 Å². The summed E-state index contributed by atoms with van der Waals surface area (Å²) in [5, 5.41) is 12.3. The number of rotatable bonds is 2. The molecular formula is C13H8Cl2FN3. The number of nitriles is 1. The quantitative estimate of drug-likeness (QED) is 0.811. The molecule has 2 aromatic carbocycles. The van der Waals surface area contributed by atoms with Crippen molar-refractivity contribution in [3.63, 3.8) is 0 Å². The molecule has 0 bridgehead atoms. The van der Waals surface area contributed by atoms with Gasteiger partial charge < -0.3 is 11.1 Å². The van der Waals surface area contributed by atoms with E-state index in [1.54, 1.807) is 18.2 Å². The van der Waals surface area contributed by atoms with Crippen LogP contribution in [0.15, 0.2) is 30.3 Å². The highest BCUT2D eigenvalue weighted by atomic mass is 35.5. The highest BCUT2D eigenvalue weighted by Gasteiger charge is 2.09. The second-order valence-corrected chi connectivity index (χ2v) is 4.62. The summed E-state index contributed by atoms with van der Waals surface area (Å²) in [5.74, 6) is -0.601. The first-order valence-corrected chi connectivity index (χ1v) is 5.98. The van der Waals surface area contributed by atoms with E-state index < -0.39 is 5.82 Å². The highest BCUT2D eigenvalue weighted by Crippen LogP contribution is 2.31. The number of anilines is 3. The number of nitrogens with zero attached hydrogens (tertiary/aromatic N) is 1. The van der Waals surface area contributed by atoms with E-state index >= 15 is 0 Å². The van der Waals surface area contributed by atoms with E-state index in [2.05, 4.69) is 5.32 Å². The molecule has 3 N–H and O–H groups in total. The second-order valence-electron chi connectivity index (χ2n) is 3.78. The average Bonchev–Trinajstić information content (AvgIpc) is 2.36. The Hall–Kier alpha value is -1.96. The molecular weight excluding hydrogens is 288 g/mol. The first-order valence-electron chi connectivity index (χ1n) is 5.22. The molecule has 0 atom stereocenters. The number of benzene rings is 2. The molecule has 2 rings (SSSR count). The lowest BCUT2D eigenvalue weighted by Crippen LogP contribution is -1.99. The Morgan fingerprint density at radius 1 is 1.16 bits per heavy atom. The molecule has 0 heterocycles.